The average Bonchev–Trinajstić information content (AvgIpc) is 2.55. The number of hydrogen-bond acceptors (Lipinski definition) is 4. The van der Waals surface area contributed by atoms with E-state index in [9.17, 15) is 32.9 Å². The van der Waals surface area contributed by atoms with Gasteiger partial charge in [-0.1, -0.05) is 12.1 Å². The molecule has 0 radical (unpaired) electrons. The number of rotatable bonds is 3. The van der Waals surface area contributed by atoms with Crippen LogP contribution in [0.4, 0.5) is 30.2 Å². The summed E-state index contributed by atoms with van der Waals surface area (Å²) in [6, 6.07) is 6.31. The maximum atomic E-state index is 13.4. The first kappa shape index (κ1) is 16.9. The third-order valence-electron chi connectivity index (χ3n) is 2.84. The van der Waals surface area contributed by atoms with Crippen molar-refractivity contribution in [1.82, 2.24) is 0 Å². The zero-order valence-corrected chi connectivity index (χ0v) is 11.7. The standard InChI is InChI=1S/C14H8F3N3O4/c15-7-5-6-9(12(17)11(7)16)19-14(22)13(21)18-8-3-1-2-4-10(8)20(23)24/h1-6H,(H,18,21)(H,19,22). The third kappa shape index (κ3) is 3.48. The Labute approximate surface area is 132 Å². The maximum Gasteiger partial charge on any atom is 0.314 e. The Morgan fingerprint density at radius 3 is 2.08 bits per heavy atom. The molecule has 124 valence electrons. The summed E-state index contributed by atoms with van der Waals surface area (Å²) >= 11 is 0. The summed E-state index contributed by atoms with van der Waals surface area (Å²) < 4.78 is 39.3. The van der Waals surface area contributed by atoms with Crippen molar-refractivity contribution in [2.75, 3.05) is 10.6 Å². The molecule has 0 aromatic heterocycles. The monoisotopic (exact) mass is 339 g/mol. The van der Waals surface area contributed by atoms with Crippen LogP contribution >= 0.6 is 0 Å². The third-order valence-corrected chi connectivity index (χ3v) is 2.84. The van der Waals surface area contributed by atoms with Crippen LogP contribution in [0.1, 0.15) is 0 Å². The van der Waals surface area contributed by atoms with Crippen LogP contribution in [-0.4, -0.2) is 16.7 Å². The van der Waals surface area contributed by atoms with Crippen LogP contribution < -0.4 is 10.6 Å². The van der Waals surface area contributed by atoms with Crippen molar-refractivity contribution in [2.24, 2.45) is 0 Å². The summed E-state index contributed by atoms with van der Waals surface area (Å²) in [5.74, 6) is -7.73. The Morgan fingerprint density at radius 1 is 0.875 bits per heavy atom. The highest BCUT2D eigenvalue weighted by Crippen LogP contribution is 2.23. The molecule has 0 aliphatic rings. The molecule has 2 rings (SSSR count). The number of anilines is 2. The van der Waals surface area contributed by atoms with E-state index in [2.05, 4.69) is 0 Å². The maximum absolute atomic E-state index is 13.4. The van der Waals surface area contributed by atoms with Gasteiger partial charge in [-0.2, -0.15) is 0 Å². The highest BCUT2D eigenvalue weighted by molar-refractivity contribution is 6.43. The van der Waals surface area contributed by atoms with E-state index >= 15 is 0 Å². The van der Waals surface area contributed by atoms with Crippen molar-refractivity contribution < 1.29 is 27.7 Å². The molecule has 2 amide bonds. The van der Waals surface area contributed by atoms with Crippen molar-refractivity contribution in [3.63, 3.8) is 0 Å². The minimum atomic E-state index is -1.81. The minimum Gasteiger partial charge on any atom is -0.315 e. The van der Waals surface area contributed by atoms with Crippen molar-refractivity contribution >= 4 is 28.9 Å². The van der Waals surface area contributed by atoms with Gasteiger partial charge in [-0.25, -0.2) is 13.2 Å². The fourth-order valence-electron chi connectivity index (χ4n) is 1.72. The molecule has 0 saturated heterocycles. The SMILES string of the molecule is O=C(Nc1ccccc1[N+](=O)[O-])C(=O)Nc1ccc(F)c(F)c1F. The molecule has 7 nitrogen and oxygen atoms in total. The topological polar surface area (TPSA) is 101 Å². The van der Waals surface area contributed by atoms with Crippen molar-refractivity contribution in [3.05, 3.63) is 64.0 Å². The van der Waals surface area contributed by atoms with Crippen LogP contribution in [0.5, 0.6) is 0 Å². The zero-order chi connectivity index (χ0) is 17.9. The first-order valence-electron chi connectivity index (χ1n) is 6.30. The summed E-state index contributed by atoms with van der Waals surface area (Å²) in [5, 5.41) is 14.5. The molecular formula is C14H8F3N3O4. The van der Waals surface area contributed by atoms with Gasteiger partial charge in [0.05, 0.1) is 10.6 Å². The second kappa shape index (κ2) is 6.77. The summed E-state index contributed by atoms with van der Waals surface area (Å²) in [6.07, 6.45) is 0. The van der Waals surface area contributed by atoms with Gasteiger partial charge in [0.15, 0.2) is 17.5 Å². The summed E-state index contributed by atoms with van der Waals surface area (Å²) in [5.41, 5.74) is -1.47. The predicted octanol–water partition coefficient (Wildman–Crippen LogP) is 2.59. The molecule has 0 bridgehead atoms. The van der Waals surface area contributed by atoms with Gasteiger partial charge in [-0.3, -0.25) is 19.7 Å². The van der Waals surface area contributed by atoms with Gasteiger partial charge in [0.1, 0.15) is 5.69 Å². The van der Waals surface area contributed by atoms with Crippen LogP contribution in [-0.2, 0) is 9.59 Å². The normalized spacial score (nSPS) is 10.1. The molecule has 2 aromatic rings. The summed E-state index contributed by atoms with van der Waals surface area (Å²) in [7, 11) is 0. The number of carbonyl (C=O) groups is 2. The first-order valence-corrected chi connectivity index (χ1v) is 6.30. The summed E-state index contributed by atoms with van der Waals surface area (Å²) in [6.45, 7) is 0. The number of carbonyl (C=O) groups excluding carboxylic acids is 2. The molecular weight excluding hydrogens is 331 g/mol. The fourth-order valence-corrected chi connectivity index (χ4v) is 1.72. The number of nitro benzene ring substituents is 1. The highest BCUT2D eigenvalue weighted by Gasteiger charge is 2.22. The number of hydrogen-bond donors (Lipinski definition) is 2. The number of nitrogens with zero attached hydrogens (tertiary/aromatic N) is 1. The number of nitrogens with one attached hydrogen (secondary N) is 2. The second-order valence-electron chi connectivity index (χ2n) is 4.41. The van der Waals surface area contributed by atoms with Crippen molar-refractivity contribution in [3.8, 4) is 0 Å². The molecule has 2 aromatic carbocycles. The van der Waals surface area contributed by atoms with E-state index in [0.29, 0.717) is 6.07 Å². The second-order valence-corrected chi connectivity index (χ2v) is 4.41. The van der Waals surface area contributed by atoms with Gasteiger partial charge in [-0.15, -0.1) is 0 Å². The Bertz CT molecular complexity index is 842. The lowest BCUT2D eigenvalue weighted by molar-refractivity contribution is -0.383. The number of nitro groups is 1. The van der Waals surface area contributed by atoms with Crippen LogP contribution in [0.25, 0.3) is 0 Å². The first-order chi connectivity index (χ1) is 11.3. The van der Waals surface area contributed by atoms with Gasteiger partial charge >= 0.3 is 11.8 Å². The molecule has 24 heavy (non-hydrogen) atoms. The predicted molar refractivity (Wildman–Crippen MR) is 76.7 cm³/mol. The molecule has 0 fully saturated rings. The van der Waals surface area contributed by atoms with Gasteiger partial charge in [0, 0.05) is 6.07 Å². The van der Waals surface area contributed by atoms with Gasteiger partial charge in [0.25, 0.3) is 5.69 Å². The molecule has 0 spiro atoms. The van der Waals surface area contributed by atoms with Gasteiger partial charge in [0.2, 0.25) is 0 Å². The molecule has 0 heterocycles. The molecule has 0 unspecified atom stereocenters. The molecule has 0 saturated carbocycles. The van der Waals surface area contributed by atoms with Gasteiger partial charge in [-0.05, 0) is 18.2 Å². The molecule has 2 N–H and O–H groups in total. The molecule has 10 heteroatoms. The van der Waals surface area contributed by atoms with Gasteiger partial charge < -0.3 is 10.6 Å². The number of halogens is 3. The molecule has 0 aliphatic carbocycles. The molecule has 0 atom stereocenters. The van der Waals surface area contributed by atoms with E-state index in [1.54, 1.807) is 5.32 Å². The lowest BCUT2D eigenvalue weighted by Crippen LogP contribution is -2.29. The Hall–Kier alpha value is -3.43. The quantitative estimate of drug-likeness (QED) is 0.388. The van der Waals surface area contributed by atoms with Crippen LogP contribution in [0, 0.1) is 27.6 Å². The highest BCUT2D eigenvalue weighted by atomic mass is 19.2. The van der Waals surface area contributed by atoms with E-state index < -0.39 is 45.6 Å². The van der Waals surface area contributed by atoms with E-state index in [1.165, 1.54) is 18.2 Å². The Balaban J connectivity index is 2.16. The van der Waals surface area contributed by atoms with Crippen molar-refractivity contribution in [1.29, 1.82) is 0 Å². The van der Waals surface area contributed by atoms with Crippen LogP contribution in [0.15, 0.2) is 36.4 Å². The fraction of sp³-hybridized carbons (Fsp3) is 0. The van der Waals surface area contributed by atoms with Crippen LogP contribution in [0.2, 0.25) is 0 Å². The number of amides is 2. The molecule has 0 aliphatic heterocycles. The van der Waals surface area contributed by atoms with Crippen molar-refractivity contribution in [2.45, 2.75) is 0 Å². The minimum absolute atomic E-state index is 0.256. The van der Waals surface area contributed by atoms with E-state index in [0.717, 1.165) is 12.1 Å². The summed E-state index contributed by atoms with van der Waals surface area (Å²) in [4.78, 5) is 33.4. The largest absolute Gasteiger partial charge is 0.315 e. The lowest BCUT2D eigenvalue weighted by atomic mass is 10.2. The van der Waals surface area contributed by atoms with E-state index in [1.807, 2.05) is 5.32 Å². The van der Waals surface area contributed by atoms with Crippen LogP contribution in [0.3, 0.4) is 0 Å². The Morgan fingerprint density at radius 2 is 1.46 bits per heavy atom. The number of benzene rings is 2. The van der Waals surface area contributed by atoms with E-state index in [-0.39, 0.29) is 5.69 Å². The zero-order valence-electron chi connectivity index (χ0n) is 11.7. The van der Waals surface area contributed by atoms with E-state index in [4.69, 9.17) is 0 Å². The smallest absolute Gasteiger partial charge is 0.314 e. The lowest BCUT2D eigenvalue weighted by Gasteiger charge is -2.08. The number of para-hydroxylation sites is 2. The average molecular weight is 339 g/mol. The Kier molecular flexibility index (Phi) is 4.78.